The van der Waals surface area contributed by atoms with Crippen LogP contribution in [-0.4, -0.2) is 37.0 Å². The topological polar surface area (TPSA) is 32.3 Å². The Morgan fingerprint density at radius 3 is 2.65 bits per heavy atom. The first-order chi connectivity index (χ1) is 9.79. The van der Waals surface area contributed by atoms with Gasteiger partial charge >= 0.3 is 0 Å². The molecule has 1 N–H and O–H groups in total. The van der Waals surface area contributed by atoms with E-state index in [0.29, 0.717) is 17.9 Å². The van der Waals surface area contributed by atoms with Crippen LogP contribution in [0.2, 0.25) is 0 Å². The summed E-state index contributed by atoms with van der Waals surface area (Å²) in [6.45, 7) is 1.96. The van der Waals surface area contributed by atoms with Crippen LogP contribution in [0.5, 0.6) is 0 Å². The third-order valence-corrected chi connectivity index (χ3v) is 5.99. The van der Waals surface area contributed by atoms with Gasteiger partial charge in [-0.2, -0.15) is 0 Å². The molecule has 3 nitrogen and oxygen atoms in total. The second-order valence-corrected chi connectivity index (χ2v) is 7.20. The number of hydrogen-bond acceptors (Lipinski definition) is 2. The number of carbonyl (C=O) groups is 1. The lowest BCUT2D eigenvalue weighted by atomic mass is 9.67. The molecule has 0 bridgehead atoms. The van der Waals surface area contributed by atoms with Crippen LogP contribution in [-0.2, 0) is 4.79 Å². The SMILES string of the molecule is CNCC1CCCN1C(=O)C1CCC2CCCCC2C1. The molecule has 0 aromatic carbocycles. The number of nitrogens with zero attached hydrogens (tertiary/aromatic N) is 1. The molecule has 3 aliphatic rings. The second-order valence-electron chi connectivity index (χ2n) is 7.20. The van der Waals surface area contributed by atoms with Gasteiger partial charge in [-0.15, -0.1) is 0 Å². The minimum Gasteiger partial charge on any atom is -0.338 e. The third-order valence-electron chi connectivity index (χ3n) is 5.99. The predicted molar refractivity (Wildman–Crippen MR) is 81.5 cm³/mol. The Bertz CT molecular complexity index is 344. The summed E-state index contributed by atoms with van der Waals surface area (Å²) in [6, 6.07) is 0.455. The fourth-order valence-corrected chi connectivity index (χ4v) is 4.91. The summed E-state index contributed by atoms with van der Waals surface area (Å²) in [6.07, 6.45) is 11.7. The van der Waals surface area contributed by atoms with Crippen molar-refractivity contribution in [3.05, 3.63) is 0 Å². The van der Waals surface area contributed by atoms with E-state index in [-0.39, 0.29) is 0 Å². The summed E-state index contributed by atoms with van der Waals surface area (Å²) < 4.78 is 0. The maximum atomic E-state index is 12.9. The van der Waals surface area contributed by atoms with Crippen LogP contribution < -0.4 is 5.32 Å². The molecule has 3 rings (SSSR count). The van der Waals surface area contributed by atoms with Crippen molar-refractivity contribution >= 4 is 5.91 Å². The van der Waals surface area contributed by atoms with Crippen LogP contribution in [0.15, 0.2) is 0 Å². The van der Waals surface area contributed by atoms with E-state index in [1.54, 1.807) is 0 Å². The minimum absolute atomic E-state index is 0.340. The average molecular weight is 278 g/mol. The summed E-state index contributed by atoms with van der Waals surface area (Å²) in [7, 11) is 1.99. The second kappa shape index (κ2) is 6.46. The molecule has 2 saturated carbocycles. The number of carbonyl (C=O) groups excluding carboxylic acids is 1. The Labute approximate surface area is 123 Å². The number of likely N-dealkylation sites (N-methyl/N-ethyl adjacent to an activating group) is 1. The Morgan fingerprint density at radius 2 is 1.85 bits per heavy atom. The van der Waals surface area contributed by atoms with E-state index in [9.17, 15) is 4.79 Å². The zero-order chi connectivity index (χ0) is 13.9. The van der Waals surface area contributed by atoms with Crippen molar-refractivity contribution in [1.82, 2.24) is 10.2 Å². The van der Waals surface area contributed by atoms with Gasteiger partial charge in [0.1, 0.15) is 0 Å². The van der Waals surface area contributed by atoms with Crippen molar-refractivity contribution in [3.63, 3.8) is 0 Å². The van der Waals surface area contributed by atoms with Crippen molar-refractivity contribution in [1.29, 1.82) is 0 Å². The van der Waals surface area contributed by atoms with Gasteiger partial charge in [-0.3, -0.25) is 4.79 Å². The van der Waals surface area contributed by atoms with E-state index in [1.165, 1.54) is 51.4 Å². The van der Waals surface area contributed by atoms with Gasteiger partial charge in [-0.1, -0.05) is 25.7 Å². The molecule has 1 heterocycles. The molecule has 114 valence electrons. The number of nitrogens with one attached hydrogen (secondary N) is 1. The van der Waals surface area contributed by atoms with Crippen LogP contribution >= 0.6 is 0 Å². The number of rotatable bonds is 3. The van der Waals surface area contributed by atoms with Gasteiger partial charge in [-0.05, 0) is 51.0 Å². The van der Waals surface area contributed by atoms with Crippen LogP contribution in [0.3, 0.4) is 0 Å². The monoisotopic (exact) mass is 278 g/mol. The van der Waals surface area contributed by atoms with E-state index in [1.807, 2.05) is 7.05 Å². The fraction of sp³-hybridized carbons (Fsp3) is 0.941. The summed E-state index contributed by atoms with van der Waals surface area (Å²) >= 11 is 0. The summed E-state index contributed by atoms with van der Waals surface area (Å²) in [4.78, 5) is 15.1. The molecule has 3 fully saturated rings. The molecule has 0 aromatic rings. The highest BCUT2D eigenvalue weighted by atomic mass is 16.2. The number of likely N-dealkylation sites (tertiary alicyclic amines) is 1. The van der Waals surface area contributed by atoms with Crippen molar-refractivity contribution in [3.8, 4) is 0 Å². The first-order valence-electron chi connectivity index (χ1n) is 8.74. The maximum Gasteiger partial charge on any atom is 0.225 e. The zero-order valence-electron chi connectivity index (χ0n) is 12.9. The Hall–Kier alpha value is -0.570. The molecular formula is C17H30N2O. The lowest BCUT2D eigenvalue weighted by Crippen LogP contribution is -2.45. The summed E-state index contributed by atoms with van der Waals surface area (Å²) in [5.74, 6) is 2.62. The van der Waals surface area contributed by atoms with Gasteiger partial charge in [0.05, 0.1) is 0 Å². The summed E-state index contributed by atoms with van der Waals surface area (Å²) in [5.41, 5.74) is 0. The number of fused-ring (bicyclic) bond motifs is 1. The number of amides is 1. The highest BCUT2D eigenvalue weighted by Gasteiger charge is 2.38. The Morgan fingerprint density at radius 1 is 1.05 bits per heavy atom. The molecule has 1 aliphatic heterocycles. The molecule has 20 heavy (non-hydrogen) atoms. The minimum atomic E-state index is 0.340. The largest absolute Gasteiger partial charge is 0.338 e. The molecule has 0 spiro atoms. The zero-order valence-corrected chi connectivity index (χ0v) is 12.9. The van der Waals surface area contributed by atoms with Gasteiger partial charge in [0, 0.05) is 25.0 Å². The van der Waals surface area contributed by atoms with E-state index >= 15 is 0 Å². The normalized spacial score (nSPS) is 37.8. The molecule has 1 amide bonds. The first kappa shape index (κ1) is 14.4. The molecule has 1 saturated heterocycles. The van der Waals surface area contributed by atoms with Crippen LogP contribution in [0.25, 0.3) is 0 Å². The first-order valence-corrected chi connectivity index (χ1v) is 8.74. The third kappa shape index (κ3) is 2.88. The fourth-order valence-electron chi connectivity index (χ4n) is 4.91. The Kier molecular flexibility index (Phi) is 4.65. The van der Waals surface area contributed by atoms with Gasteiger partial charge in [0.15, 0.2) is 0 Å². The number of hydrogen-bond donors (Lipinski definition) is 1. The highest BCUT2D eigenvalue weighted by Crippen LogP contribution is 2.43. The molecule has 4 atom stereocenters. The molecule has 0 radical (unpaired) electrons. The maximum absolute atomic E-state index is 12.9. The summed E-state index contributed by atoms with van der Waals surface area (Å²) in [5, 5.41) is 3.25. The molecule has 4 unspecified atom stereocenters. The van der Waals surface area contributed by atoms with Crippen LogP contribution in [0.1, 0.15) is 57.8 Å². The van der Waals surface area contributed by atoms with Crippen molar-refractivity contribution in [2.24, 2.45) is 17.8 Å². The Balaban J connectivity index is 1.59. The standard InChI is InChI=1S/C17H30N2O/c1-18-12-16-7-4-10-19(16)17(20)15-9-8-13-5-2-3-6-14(13)11-15/h13-16,18H,2-12H2,1H3. The van der Waals surface area contributed by atoms with E-state index < -0.39 is 0 Å². The van der Waals surface area contributed by atoms with E-state index in [4.69, 9.17) is 0 Å². The van der Waals surface area contributed by atoms with Crippen molar-refractivity contribution in [2.75, 3.05) is 20.1 Å². The van der Waals surface area contributed by atoms with Crippen LogP contribution in [0, 0.1) is 17.8 Å². The average Bonchev–Trinajstić information content (AvgIpc) is 2.94. The lowest BCUT2D eigenvalue weighted by Gasteiger charge is -2.40. The van der Waals surface area contributed by atoms with Gasteiger partial charge in [0.2, 0.25) is 5.91 Å². The predicted octanol–water partition coefficient (Wildman–Crippen LogP) is 2.80. The van der Waals surface area contributed by atoms with Gasteiger partial charge in [-0.25, -0.2) is 0 Å². The van der Waals surface area contributed by atoms with Crippen molar-refractivity contribution < 1.29 is 4.79 Å². The van der Waals surface area contributed by atoms with E-state index in [2.05, 4.69) is 10.2 Å². The quantitative estimate of drug-likeness (QED) is 0.861. The van der Waals surface area contributed by atoms with E-state index in [0.717, 1.165) is 31.3 Å². The van der Waals surface area contributed by atoms with Gasteiger partial charge in [0.25, 0.3) is 0 Å². The smallest absolute Gasteiger partial charge is 0.225 e. The van der Waals surface area contributed by atoms with Crippen LogP contribution in [0.4, 0.5) is 0 Å². The lowest BCUT2D eigenvalue weighted by molar-refractivity contribution is -0.138. The molecular weight excluding hydrogens is 248 g/mol. The molecule has 2 aliphatic carbocycles. The molecule has 0 aromatic heterocycles. The van der Waals surface area contributed by atoms with Gasteiger partial charge < -0.3 is 10.2 Å². The highest BCUT2D eigenvalue weighted by molar-refractivity contribution is 5.79. The molecule has 3 heteroatoms. The van der Waals surface area contributed by atoms with Crippen molar-refractivity contribution in [2.45, 2.75) is 63.8 Å².